The molecular formula is C18H15ClN4OS. The molecule has 0 aliphatic rings. The van der Waals surface area contributed by atoms with Gasteiger partial charge in [-0.25, -0.2) is 4.98 Å². The van der Waals surface area contributed by atoms with E-state index in [1.165, 1.54) is 0 Å². The maximum absolute atomic E-state index is 12.7. The highest BCUT2D eigenvalue weighted by Crippen LogP contribution is 2.30. The van der Waals surface area contributed by atoms with Gasteiger partial charge in [-0.3, -0.25) is 9.78 Å². The first kappa shape index (κ1) is 17.3. The molecule has 0 spiro atoms. The average Bonchev–Trinajstić information content (AvgIpc) is 2.63. The molecule has 0 saturated carbocycles. The molecule has 1 atom stereocenters. The normalized spacial score (nSPS) is 11.8. The van der Waals surface area contributed by atoms with Crippen LogP contribution >= 0.6 is 24.2 Å². The van der Waals surface area contributed by atoms with Gasteiger partial charge in [0, 0.05) is 23.1 Å². The third-order valence-corrected chi connectivity index (χ3v) is 4.36. The van der Waals surface area contributed by atoms with Crippen molar-refractivity contribution in [3.8, 4) is 0 Å². The number of thiol groups is 1. The van der Waals surface area contributed by atoms with Crippen LogP contribution in [0.15, 0.2) is 60.9 Å². The maximum Gasteiger partial charge on any atom is 0.257 e. The first-order valence-electron chi connectivity index (χ1n) is 7.46. The summed E-state index contributed by atoms with van der Waals surface area (Å²) in [5.41, 5.74) is 8.17. The highest BCUT2D eigenvalue weighted by Gasteiger charge is 2.20. The number of amides is 1. The molecule has 3 aromatic rings. The minimum absolute atomic E-state index is 0.272. The monoisotopic (exact) mass is 370 g/mol. The number of halogens is 1. The van der Waals surface area contributed by atoms with E-state index in [0.717, 1.165) is 5.56 Å². The Morgan fingerprint density at radius 1 is 1.12 bits per heavy atom. The van der Waals surface area contributed by atoms with Crippen LogP contribution in [0.4, 0.5) is 11.5 Å². The number of benzene rings is 1. The molecule has 2 heterocycles. The van der Waals surface area contributed by atoms with E-state index >= 15 is 0 Å². The number of nitrogen functional groups attached to an aromatic ring is 1. The molecule has 2 aromatic heterocycles. The van der Waals surface area contributed by atoms with Crippen LogP contribution in [0.5, 0.6) is 0 Å². The third kappa shape index (κ3) is 4.10. The molecule has 0 aliphatic heterocycles. The van der Waals surface area contributed by atoms with Crippen molar-refractivity contribution in [2.45, 2.75) is 5.25 Å². The van der Waals surface area contributed by atoms with Crippen molar-refractivity contribution in [1.82, 2.24) is 9.97 Å². The largest absolute Gasteiger partial charge is 0.384 e. The highest BCUT2D eigenvalue weighted by atomic mass is 35.5. The molecule has 126 valence electrons. The van der Waals surface area contributed by atoms with Gasteiger partial charge in [0.2, 0.25) is 0 Å². The van der Waals surface area contributed by atoms with Gasteiger partial charge in [-0.2, -0.15) is 12.6 Å². The number of rotatable bonds is 4. The molecule has 3 rings (SSSR count). The van der Waals surface area contributed by atoms with Gasteiger partial charge in [-0.05, 0) is 54.1 Å². The molecule has 0 fully saturated rings. The second-order valence-corrected chi connectivity index (χ2v) is 6.27. The number of nitrogens with zero attached hydrogens (tertiary/aromatic N) is 2. The Hall–Kier alpha value is -2.57. The van der Waals surface area contributed by atoms with Crippen LogP contribution in [-0.2, 0) is 0 Å². The van der Waals surface area contributed by atoms with Gasteiger partial charge in [-0.15, -0.1) is 0 Å². The van der Waals surface area contributed by atoms with Crippen LogP contribution in [0, 0.1) is 0 Å². The van der Waals surface area contributed by atoms with Crippen LogP contribution < -0.4 is 11.1 Å². The van der Waals surface area contributed by atoms with Crippen LogP contribution in [-0.4, -0.2) is 15.9 Å². The van der Waals surface area contributed by atoms with E-state index in [2.05, 4.69) is 27.9 Å². The zero-order valence-electron chi connectivity index (χ0n) is 13.1. The fourth-order valence-corrected chi connectivity index (χ4v) is 2.84. The molecule has 1 unspecified atom stereocenters. The molecule has 0 radical (unpaired) electrons. The van der Waals surface area contributed by atoms with Crippen molar-refractivity contribution in [2.75, 3.05) is 11.1 Å². The van der Waals surface area contributed by atoms with Gasteiger partial charge >= 0.3 is 0 Å². The highest BCUT2D eigenvalue weighted by molar-refractivity contribution is 7.80. The molecule has 1 aromatic carbocycles. The summed E-state index contributed by atoms with van der Waals surface area (Å²) >= 11 is 10.5. The zero-order chi connectivity index (χ0) is 17.8. The van der Waals surface area contributed by atoms with E-state index in [-0.39, 0.29) is 5.91 Å². The standard InChI is InChI=1S/C18H15ClN4OS/c19-12-3-5-13(6-4-12)23-18(24)14-2-1-8-22-16(14)17(25)11-7-9-21-15(20)10-11/h1-10,17,25H,(H2,20,21)(H,23,24). The molecule has 25 heavy (non-hydrogen) atoms. The quantitative estimate of drug-likeness (QED) is 0.607. The Labute approximate surface area is 155 Å². The summed E-state index contributed by atoms with van der Waals surface area (Å²) in [5.74, 6) is 0.117. The van der Waals surface area contributed by atoms with E-state index in [4.69, 9.17) is 17.3 Å². The van der Waals surface area contributed by atoms with Gasteiger partial charge in [0.1, 0.15) is 5.82 Å². The Kier molecular flexibility index (Phi) is 5.21. The summed E-state index contributed by atoms with van der Waals surface area (Å²) in [7, 11) is 0. The molecule has 3 N–H and O–H groups in total. The summed E-state index contributed by atoms with van der Waals surface area (Å²) < 4.78 is 0. The third-order valence-electron chi connectivity index (χ3n) is 3.57. The zero-order valence-corrected chi connectivity index (χ0v) is 14.7. The van der Waals surface area contributed by atoms with E-state index in [0.29, 0.717) is 27.8 Å². The van der Waals surface area contributed by atoms with Crippen molar-refractivity contribution >= 4 is 41.6 Å². The summed E-state index contributed by atoms with van der Waals surface area (Å²) in [6, 6.07) is 13.8. The fourth-order valence-electron chi connectivity index (χ4n) is 2.35. The fraction of sp³-hybridized carbons (Fsp3) is 0.0556. The van der Waals surface area contributed by atoms with E-state index in [9.17, 15) is 4.79 Å². The van der Waals surface area contributed by atoms with E-state index in [1.54, 1.807) is 60.9 Å². The van der Waals surface area contributed by atoms with Gasteiger partial charge < -0.3 is 11.1 Å². The number of carbonyl (C=O) groups excluding carboxylic acids is 1. The van der Waals surface area contributed by atoms with Crippen molar-refractivity contribution in [3.05, 3.63) is 82.8 Å². The Balaban J connectivity index is 1.90. The predicted octanol–water partition coefficient (Wildman–Crippen LogP) is 3.98. The van der Waals surface area contributed by atoms with Crippen molar-refractivity contribution in [2.24, 2.45) is 0 Å². The predicted molar refractivity (Wildman–Crippen MR) is 103 cm³/mol. The SMILES string of the molecule is Nc1cc(C(S)c2ncccc2C(=O)Nc2ccc(Cl)cc2)ccn1. The smallest absolute Gasteiger partial charge is 0.257 e. The Morgan fingerprint density at radius 2 is 1.88 bits per heavy atom. The topological polar surface area (TPSA) is 80.9 Å². The molecule has 0 bridgehead atoms. The van der Waals surface area contributed by atoms with Crippen LogP contribution in [0.2, 0.25) is 5.02 Å². The number of nitrogens with two attached hydrogens (primary N) is 1. The minimum atomic E-state index is -0.405. The summed E-state index contributed by atoms with van der Waals surface area (Å²) in [6.07, 6.45) is 3.23. The lowest BCUT2D eigenvalue weighted by Gasteiger charge is -2.15. The Morgan fingerprint density at radius 3 is 2.60 bits per heavy atom. The number of hydrogen-bond donors (Lipinski definition) is 3. The number of nitrogens with one attached hydrogen (secondary N) is 1. The summed E-state index contributed by atoms with van der Waals surface area (Å²) in [5, 5.41) is 3.03. The molecule has 1 amide bonds. The summed E-state index contributed by atoms with van der Waals surface area (Å²) in [4.78, 5) is 21.0. The average molecular weight is 371 g/mol. The van der Waals surface area contributed by atoms with Gasteiger partial charge in [0.25, 0.3) is 5.91 Å². The minimum Gasteiger partial charge on any atom is -0.384 e. The number of anilines is 2. The van der Waals surface area contributed by atoms with E-state index < -0.39 is 5.25 Å². The molecular weight excluding hydrogens is 356 g/mol. The van der Waals surface area contributed by atoms with Crippen molar-refractivity contribution in [3.63, 3.8) is 0 Å². The lowest BCUT2D eigenvalue weighted by Crippen LogP contribution is -2.16. The number of aromatic nitrogens is 2. The van der Waals surface area contributed by atoms with Gasteiger partial charge in [0.05, 0.1) is 16.5 Å². The van der Waals surface area contributed by atoms with Gasteiger partial charge in [0.15, 0.2) is 0 Å². The first-order valence-corrected chi connectivity index (χ1v) is 8.35. The van der Waals surface area contributed by atoms with Crippen LogP contribution in [0.25, 0.3) is 0 Å². The van der Waals surface area contributed by atoms with Crippen molar-refractivity contribution < 1.29 is 4.79 Å². The Bertz CT molecular complexity index is 902. The number of hydrogen-bond acceptors (Lipinski definition) is 5. The second-order valence-electron chi connectivity index (χ2n) is 5.31. The summed E-state index contributed by atoms with van der Waals surface area (Å²) in [6.45, 7) is 0. The molecule has 7 heteroatoms. The van der Waals surface area contributed by atoms with Crippen molar-refractivity contribution in [1.29, 1.82) is 0 Å². The number of carbonyl (C=O) groups is 1. The van der Waals surface area contributed by atoms with Gasteiger partial charge in [-0.1, -0.05) is 11.6 Å². The lowest BCUT2D eigenvalue weighted by atomic mass is 10.0. The molecule has 0 aliphatic carbocycles. The first-order chi connectivity index (χ1) is 12.0. The van der Waals surface area contributed by atoms with E-state index in [1.807, 2.05) is 0 Å². The molecule has 0 saturated heterocycles. The molecule has 5 nitrogen and oxygen atoms in total. The maximum atomic E-state index is 12.7. The second kappa shape index (κ2) is 7.55. The number of pyridine rings is 2. The van der Waals surface area contributed by atoms with Crippen LogP contribution in [0.3, 0.4) is 0 Å². The lowest BCUT2D eigenvalue weighted by molar-refractivity contribution is 0.102. The van der Waals surface area contributed by atoms with Crippen LogP contribution in [0.1, 0.15) is 26.9 Å².